The molecule has 1 aliphatic rings. The maximum absolute atomic E-state index is 12.1. The fourth-order valence-electron chi connectivity index (χ4n) is 2.40. The lowest BCUT2D eigenvalue weighted by molar-refractivity contribution is -0.115. The van der Waals surface area contributed by atoms with E-state index in [1.165, 1.54) is 0 Å². The van der Waals surface area contributed by atoms with Gasteiger partial charge in [-0.1, -0.05) is 18.2 Å². The number of amides is 2. The van der Waals surface area contributed by atoms with Gasteiger partial charge in [0.05, 0.1) is 6.42 Å². The number of carbonyl (C=O) groups excluding carboxylic acids is 2. The molecule has 134 valence electrons. The highest BCUT2D eigenvalue weighted by molar-refractivity contribution is 6.06. The Morgan fingerprint density at radius 1 is 1.04 bits per heavy atom. The lowest BCUT2D eigenvalue weighted by Gasteiger charge is -2.19. The number of hydrogen-bond acceptors (Lipinski definition) is 5. The molecule has 0 saturated carbocycles. The highest BCUT2D eigenvalue weighted by Crippen LogP contribution is 2.32. The van der Waals surface area contributed by atoms with Crippen LogP contribution in [0.15, 0.2) is 53.6 Å². The number of nitrogens with zero attached hydrogens (tertiary/aromatic N) is 1. The Hall–Kier alpha value is -3.35. The van der Waals surface area contributed by atoms with E-state index in [1.807, 2.05) is 6.07 Å². The van der Waals surface area contributed by atoms with Crippen LogP contribution in [0.2, 0.25) is 0 Å². The van der Waals surface area contributed by atoms with Gasteiger partial charge in [-0.05, 0) is 31.2 Å². The molecule has 1 aliphatic heterocycles. The molecule has 2 aromatic rings. The Labute approximate surface area is 151 Å². The van der Waals surface area contributed by atoms with Gasteiger partial charge in [-0.25, -0.2) is 5.43 Å². The van der Waals surface area contributed by atoms with Gasteiger partial charge in [0.1, 0.15) is 13.2 Å². The first kappa shape index (κ1) is 17.5. The predicted octanol–water partition coefficient (Wildman–Crippen LogP) is 2.59. The molecule has 0 aromatic heterocycles. The second-order valence-corrected chi connectivity index (χ2v) is 5.74. The summed E-state index contributed by atoms with van der Waals surface area (Å²) in [4.78, 5) is 24.0. The van der Waals surface area contributed by atoms with E-state index < -0.39 is 0 Å². The molecule has 0 unspecified atom stereocenters. The van der Waals surface area contributed by atoms with Crippen molar-refractivity contribution in [2.75, 3.05) is 18.5 Å². The summed E-state index contributed by atoms with van der Waals surface area (Å²) in [7, 11) is 0. The number of fused-ring (bicyclic) bond motifs is 1. The number of anilines is 1. The Morgan fingerprint density at radius 3 is 2.54 bits per heavy atom. The van der Waals surface area contributed by atoms with Crippen LogP contribution in [0.25, 0.3) is 0 Å². The van der Waals surface area contributed by atoms with Crippen molar-refractivity contribution in [3.63, 3.8) is 0 Å². The normalized spacial score (nSPS) is 13.0. The molecule has 0 saturated heterocycles. The van der Waals surface area contributed by atoms with Crippen LogP contribution in [0.3, 0.4) is 0 Å². The zero-order valence-electron chi connectivity index (χ0n) is 14.3. The summed E-state index contributed by atoms with van der Waals surface area (Å²) in [5, 5.41) is 6.74. The van der Waals surface area contributed by atoms with Gasteiger partial charge in [0.25, 0.3) is 5.91 Å². The molecule has 7 nitrogen and oxygen atoms in total. The third-order valence-corrected chi connectivity index (χ3v) is 3.63. The molecule has 7 heteroatoms. The van der Waals surface area contributed by atoms with Crippen molar-refractivity contribution in [2.45, 2.75) is 13.3 Å². The van der Waals surface area contributed by atoms with E-state index in [4.69, 9.17) is 9.47 Å². The minimum atomic E-state index is -0.322. The Balaban J connectivity index is 1.53. The van der Waals surface area contributed by atoms with E-state index in [1.54, 1.807) is 49.4 Å². The Morgan fingerprint density at radius 2 is 1.77 bits per heavy atom. The number of hydrazone groups is 1. The first-order valence-corrected chi connectivity index (χ1v) is 8.20. The van der Waals surface area contributed by atoms with Gasteiger partial charge in [-0.2, -0.15) is 5.10 Å². The standard InChI is InChI=1S/C19H19N3O4/c1-13(21-22-19(24)14-5-3-2-4-6-14)11-18(23)20-15-7-8-16-17(12-15)26-10-9-25-16/h2-8,12H,9-11H2,1H3,(H,20,23)(H,22,24). The van der Waals surface area contributed by atoms with E-state index >= 15 is 0 Å². The maximum atomic E-state index is 12.1. The molecule has 0 atom stereocenters. The van der Waals surface area contributed by atoms with Gasteiger partial charge in [0, 0.05) is 23.0 Å². The third kappa shape index (κ3) is 4.60. The van der Waals surface area contributed by atoms with Crippen molar-refractivity contribution in [1.82, 2.24) is 5.43 Å². The van der Waals surface area contributed by atoms with Gasteiger partial charge >= 0.3 is 0 Å². The van der Waals surface area contributed by atoms with E-state index in [0.29, 0.717) is 41.7 Å². The summed E-state index contributed by atoms with van der Waals surface area (Å²) in [6.45, 7) is 2.68. The average Bonchev–Trinajstić information content (AvgIpc) is 2.66. The van der Waals surface area contributed by atoms with Crippen LogP contribution in [0, 0.1) is 0 Å². The zero-order valence-corrected chi connectivity index (χ0v) is 14.3. The maximum Gasteiger partial charge on any atom is 0.271 e. The number of rotatable bonds is 5. The second kappa shape index (κ2) is 8.15. The fraction of sp³-hybridized carbons (Fsp3) is 0.211. The number of hydrogen-bond donors (Lipinski definition) is 2. The molecule has 0 fully saturated rings. The predicted molar refractivity (Wildman–Crippen MR) is 97.7 cm³/mol. The number of benzene rings is 2. The molecule has 3 rings (SSSR count). The minimum Gasteiger partial charge on any atom is -0.486 e. The number of carbonyl (C=O) groups is 2. The van der Waals surface area contributed by atoms with Gasteiger partial charge in [-0.15, -0.1) is 0 Å². The van der Waals surface area contributed by atoms with Crippen LogP contribution in [0.4, 0.5) is 5.69 Å². The summed E-state index contributed by atoms with van der Waals surface area (Å²) in [6, 6.07) is 14.0. The van der Waals surface area contributed by atoms with Crippen molar-refractivity contribution in [3.8, 4) is 11.5 Å². The van der Waals surface area contributed by atoms with Crippen molar-refractivity contribution in [3.05, 3.63) is 54.1 Å². The van der Waals surface area contributed by atoms with Crippen LogP contribution >= 0.6 is 0 Å². The molecule has 26 heavy (non-hydrogen) atoms. The van der Waals surface area contributed by atoms with Gasteiger partial charge in [0.15, 0.2) is 11.5 Å². The highest BCUT2D eigenvalue weighted by Gasteiger charge is 2.13. The number of ether oxygens (including phenoxy) is 2. The van der Waals surface area contributed by atoms with Crippen LogP contribution in [0.1, 0.15) is 23.7 Å². The van der Waals surface area contributed by atoms with Crippen LogP contribution in [-0.4, -0.2) is 30.7 Å². The third-order valence-electron chi connectivity index (χ3n) is 3.63. The molecule has 1 heterocycles. The highest BCUT2D eigenvalue weighted by atomic mass is 16.6. The largest absolute Gasteiger partial charge is 0.486 e. The second-order valence-electron chi connectivity index (χ2n) is 5.74. The summed E-state index contributed by atoms with van der Waals surface area (Å²) in [6.07, 6.45) is 0.0590. The first-order chi connectivity index (χ1) is 12.6. The smallest absolute Gasteiger partial charge is 0.271 e. The summed E-state index contributed by atoms with van der Waals surface area (Å²) >= 11 is 0. The first-order valence-electron chi connectivity index (χ1n) is 8.20. The molecule has 0 radical (unpaired) electrons. The fourth-order valence-corrected chi connectivity index (χ4v) is 2.40. The minimum absolute atomic E-state index is 0.0590. The summed E-state index contributed by atoms with van der Waals surface area (Å²) in [5.74, 6) is 0.708. The Kier molecular flexibility index (Phi) is 5.48. The lowest BCUT2D eigenvalue weighted by Crippen LogP contribution is -2.21. The SMILES string of the molecule is CC(CC(=O)Nc1ccc2c(c1)OCCO2)=NNC(=O)c1ccccc1. The molecule has 0 aliphatic carbocycles. The van der Waals surface area contributed by atoms with E-state index in [9.17, 15) is 9.59 Å². The van der Waals surface area contributed by atoms with Crippen molar-refractivity contribution in [1.29, 1.82) is 0 Å². The van der Waals surface area contributed by atoms with Gasteiger partial charge < -0.3 is 14.8 Å². The molecule has 2 amide bonds. The van der Waals surface area contributed by atoms with Gasteiger partial charge in [-0.3, -0.25) is 9.59 Å². The Bertz CT molecular complexity index is 834. The van der Waals surface area contributed by atoms with Crippen molar-refractivity contribution < 1.29 is 19.1 Å². The van der Waals surface area contributed by atoms with Gasteiger partial charge in [0.2, 0.25) is 5.91 Å². The molecule has 2 aromatic carbocycles. The molecular formula is C19H19N3O4. The zero-order chi connectivity index (χ0) is 18.4. The number of nitrogens with one attached hydrogen (secondary N) is 2. The summed E-state index contributed by atoms with van der Waals surface area (Å²) in [5.41, 5.74) is 4.05. The summed E-state index contributed by atoms with van der Waals surface area (Å²) < 4.78 is 10.9. The van der Waals surface area contributed by atoms with E-state index in [2.05, 4.69) is 15.8 Å². The van der Waals surface area contributed by atoms with Crippen LogP contribution in [-0.2, 0) is 4.79 Å². The topological polar surface area (TPSA) is 89.0 Å². The molecule has 0 bridgehead atoms. The molecule has 2 N–H and O–H groups in total. The van der Waals surface area contributed by atoms with Crippen molar-refractivity contribution in [2.24, 2.45) is 5.10 Å². The van der Waals surface area contributed by atoms with E-state index in [-0.39, 0.29) is 18.2 Å². The molecular weight excluding hydrogens is 334 g/mol. The lowest BCUT2D eigenvalue weighted by atomic mass is 10.2. The monoisotopic (exact) mass is 353 g/mol. The molecule has 0 spiro atoms. The average molecular weight is 353 g/mol. The van der Waals surface area contributed by atoms with Crippen LogP contribution in [0.5, 0.6) is 11.5 Å². The van der Waals surface area contributed by atoms with Crippen LogP contribution < -0.4 is 20.2 Å². The van der Waals surface area contributed by atoms with Crippen molar-refractivity contribution >= 4 is 23.2 Å². The van der Waals surface area contributed by atoms with E-state index in [0.717, 1.165) is 0 Å². The quantitative estimate of drug-likeness (QED) is 0.639.